The van der Waals surface area contributed by atoms with Gasteiger partial charge in [0.2, 0.25) is 5.79 Å². The molecule has 1 unspecified atom stereocenters. The highest BCUT2D eigenvalue weighted by Crippen LogP contribution is 2.36. The Bertz CT molecular complexity index is 1240. The lowest BCUT2D eigenvalue weighted by Crippen LogP contribution is -2.65. The first-order valence-electron chi connectivity index (χ1n) is 16.0. The molecule has 4 fully saturated rings. The van der Waals surface area contributed by atoms with E-state index >= 15 is 0 Å². The second kappa shape index (κ2) is 15.9. The molecule has 0 aliphatic carbocycles. The Hall–Kier alpha value is -2.06. The fraction of sp³-hybridized carbons (Fsp3) is 0.742. The van der Waals surface area contributed by atoms with Crippen LogP contribution in [0.3, 0.4) is 0 Å². The summed E-state index contributed by atoms with van der Waals surface area (Å²) >= 11 is 0. The van der Waals surface area contributed by atoms with Gasteiger partial charge in [-0.05, 0) is 50.2 Å². The highest BCUT2D eigenvalue weighted by atomic mass is 16.8. The number of aliphatic hydroxyl groups excluding tert-OH is 10. The number of benzene rings is 1. The molecule has 5 rings (SSSR count). The van der Waals surface area contributed by atoms with Crippen molar-refractivity contribution in [3.05, 3.63) is 29.8 Å². The number of piperidine rings is 1. The largest absolute Gasteiger partial charge is 0.399 e. The molecule has 15 atom stereocenters. The topological polar surface area (TPSA) is 278 Å². The Balaban J connectivity index is 1.31. The first-order chi connectivity index (χ1) is 22.9. The fourth-order valence-electron chi connectivity index (χ4n) is 6.38. The first-order valence-corrected chi connectivity index (χ1v) is 16.0. The Morgan fingerprint density at radius 2 is 1.44 bits per heavy atom. The molecule has 1 aromatic carbocycles. The van der Waals surface area contributed by atoms with Gasteiger partial charge in [-0.2, -0.15) is 0 Å². The molecule has 17 heteroatoms. The maximum absolute atomic E-state index is 11.0. The van der Waals surface area contributed by atoms with Gasteiger partial charge in [0.25, 0.3) is 0 Å². The molecule has 0 spiro atoms. The summed E-state index contributed by atoms with van der Waals surface area (Å²) in [5.41, 5.74) is 7.01. The lowest BCUT2D eigenvalue weighted by Gasteiger charge is -2.46. The van der Waals surface area contributed by atoms with Crippen molar-refractivity contribution in [1.82, 2.24) is 4.90 Å². The highest BCUT2D eigenvalue weighted by molar-refractivity contribution is 5.45. The van der Waals surface area contributed by atoms with Crippen LogP contribution in [0.2, 0.25) is 0 Å². The van der Waals surface area contributed by atoms with Gasteiger partial charge in [-0.15, -0.1) is 0 Å². The van der Waals surface area contributed by atoms with Gasteiger partial charge < -0.3 is 80.5 Å². The van der Waals surface area contributed by atoms with Gasteiger partial charge >= 0.3 is 0 Å². The maximum Gasteiger partial charge on any atom is 0.224 e. The van der Waals surface area contributed by atoms with E-state index in [4.69, 9.17) is 29.4 Å². The first kappa shape index (κ1) is 37.2. The number of nitrogens with two attached hydrogens (primary N) is 1. The summed E-state index contributed by atoms with van der Waals surface area (Å²) in [6.07, 6.45) is -18.9. The molecular weight excluding hydrogens is 640 g/mol. The number of rotatable bonds is 9. The summed E-state index contributed by atoms with van der Waals surface area (Å²) in [6, 6.07) is 6.15. The average molecular weight is 687 g/mol. The Morgan fingerprint density at radius 1 is 0.792 bits per heavy atom. The van der Waals surface area contributed by atoms with Crippen molar-refractivity contribution < 1.29 is 74.7 Å². The third-order valence-electron chi connectivity index (χ3n) is 9.29. The SMILES string of the molecule is Nc1ccc(C#CC([C@H]2O[C@H](OC[C@H]3O[C@H](O[C@]4(CO)O[C@H](CO)[C@@H](O)[C@@H]4O)[C@H](O)[C@@H](O)[C@@H]3O)[C@H](O)[C@@H](O)[C@H]2O)N2CCCCC2)cc1. The van der Waals surface area contributed by atoms with E-state index in [9.17, 15) is 51.1 Å². The van der Waals surface area contributed by atoms with Crippen LogP contribution in [0.25, 0.3) is 0 Å². The van der Waals surface area contributed by atoms with Crippen molar-refractivity contribution in [2.45, 2.75) is 111 Å². The standard InChI is InChI=1S/C31H46N2O15/c32-16-7-4-15(5-8-16)6-9-17(33-10-2-1-3-11-33)27-24(40)23(39)25(41)29(46-27)44-13-19-20(36)22(38)26(42)30(45-19)48-31(14-35)28(43)21(37)18(12-34)47-31/h4-5,7-8,17-30,34-43H,1-3,10-14,32H2/t17?,18-,19-,20-,21-,22+,23+,24-,25-,26-,27-,28+,29+,30-,31+/m1/s1. The van der Waals surface area contributed by atoms with Crippen molar-refractivity contribution in [1.29, 1.82) is 0 Å². The second-order valence-electron chi connectivity index (χ2n) is 12.6. The van der Waals surface area contributed by atoms with Crippen LogP contribution in [-0.4, -0.2) is 180 Å². The number of nitrogens with zero attached hydrogens (tertiary/aromatic N) is 1. The van der Waals surface area contributed by atoms with Gasteiger partial charge in [0, 0.05) is 11.3 Å². The molecule has 48 heavy (non-hydrogen) atoms. The Labute approximate surface area is 276 Å². The molecule has 270 valence electrons. The quantitative estimate of drug-likeness (QED) is 0.0856. The molecule has 4 saturated heterocycles. The van der Waals surface area contributed by atoms with Crippen molar-refractivity contribution in [3.8, 4) is 11.8 Å². The van der Waals surface area contributed by atoms with Crippen LogP contribution in [-0.2, 0) is 23.7 Å². The van der Waals surface area contributed by atoms with Gasteiger partial charge in [-0.25, -0.2) is 0 Å². The number of hydrogen-bond acceptors (Lipinski definition) is 17. The van der Waals surface area contributed by atoms with E-state index in [1.807, 2.05) is 4.90 Å². The lowest BCUT2D eigenvalue weighted by molar-refractivity contribution is -0.388. The van der Waals surface area contributed by atoms with Crippen molar-refractivity contribution in [2.24, 2.45) is 0 Å². The number of likely N-dealkylation sites (tertiary alicyclic amines) is 1. The maximum atomic E-state index is 11.0. The van der Waals surface area contributed by atoms with E-state index in [0.717, 1.165) is 19.3 Å². The van der Waals surface area contributed by atoms with Gasteiger partial charge in [0.15, 0.2) is 12.6 Å². The monoisotopic (exact) mass is 686 g/mol. The zero-order valence-corrected chi connectivity index (χ0v) is 26.1. The molecule has 0 radical (unpaired) electrons. The third kappa shape index (κ3) is 7.65. The van der Waals surface area contributed by atoms with Crippen LogP contribution in [0, 0.1) is 11.8 Å². The van der Waals surface area contributed by atoms with Crippen LogP contribution in [0.1, 0.15) is 24.8 Å². The molecule has 17 nitrogen and oxygen atoms in total. The smallest absolute Gasteiger partial charge is 0.224 e. The molecule has 0 saturated carbocycles. The minimum absolute atomic E-state index is 0.565. The van der Waals surface area contributed by atoms with Crippen LogP contribution in [0.15, 0.2) is 24.3 Å². The molecule has 4 heterocycles. The molecule has 4 aliphatic rings. The average Bonchev–Trinajstić information content (AvgIpc) is 3.34. The number of anilines is 1. The highest BCUT2D eigenvalue weighted by Gasteiger charge is 2.58. The number of aliphatic hydroxyl groups is 10. The van der Waals surface area contributed by atoms with Crippen LogP contribution in [0.4, 0.5) is 5.69 Å². The number of nitrogen functional groups attached to an aromatic ring is 1. The van der Waals surface area contributed by atoms with Crippen molar-refractivity contribution in [3.63, 3.8) is 0 Å². The van der Waals surface area contributed by atoms with Crippen molar-refractivity contribution >= 4 is 5.69 Å². The molecule has 0 aromatic heterocycles. The molecule has 4 aliphatic heterocycles. The molecular formula is C31H46N2O15. The van der Waals surface area contributed by atoms with Gasteiger partial charge in [-0.3, -0.25) is 4.90 Å². The Kier molecular flexibility index (Phi) is 12.3. The van der Waals surface area contributed by atoms with Crippen LogP contribution < -0.4 is 5.73 Å². The van der Waals surface area contributed by atoms with E-state index in [1.54, 1.807) is 24.3 Å². The van der Waals surface area contributed by atoms with E-state index < -0.39 is 111 Å². The van der Waals surface area contributed by atoms with Gasteiger partial charge in [0.05, 0.1) is 13.2 Å². The number of hydrogen-bond donors (Lipinski definition) is 11. The van der Waals surface area contributed by atoms with Crippen molar-refractivity contribution in [2.75, 3.05) is 38.6 Å². The fourth-order valence-corrected chi connectivity index (χ4v) is 6.38. The van der Waals surface area contributed by atoms with E-state index in [1.165, 1.54) is 0 Å². The van der Waals surface area contributed by atoms with E-state index in [2.05, 4.69) is 11.8 Å². The molecule has 0 amide bonds. The van der Waals surface area contributed by atoms with E-state index in [0.29, 0.717) is 24.3 Å². The van der Waals surface area contributed by atoms with E-state index in [-0.39, 0.29) is 0 Å². The van der Waals surface area contributed by atoms with Gasteiger partial charge in [-0.1, -0.05) is 18.3 Å². The van der Waals surface area contributed by atoms with Crippen LogP contribution >= 0.6 is 0 Å². The number of ether oxygens (including phenoxy) is 5. The summed E-state index contributed by atoms with van der Waals surface area (Å²) in [7, 11) is 0. The molecule has 1 aromatic rings. The molecule has 0 bridgehead atoms. The predicted octanol–water partition coefficient (Wildman–Crippen LogP) is -5.08. The van der Waals surface area contributed by atoms with Gasteiger partial charge in [0.1, 0.15) is 79.8 Å². The van der Waals surface area contributed by atoms with Crippen LogP contribution in [0.5, 0.6) is 0 Å². The summed E-state index contributed by atoms with van der Waals surface area (Å²) in [4.78, 5) is 2.02. The minimum Gasteiger partial charge on any atom is -0.399 e. The lowest BCUT2D eigenvalue weighted by atomic mass is 9.92. The molecule has 12 N–H and O–H groups in total. The summed E-state index contributed by atoms with van der Waals surface area (Å²) in [5.74, 6) is 3.83. The summed E-state index contributed by atoms with van der Waals surface area (Å²) < 4.78 is 28.2. The third-order valence-corrected chi connectivity index (χ3v) is 9.29. The summed E-state index contributed by atoms with van der Waals surface area (Å²) in [6.45, 7) is -1.13. The zero-order valence-electron chi connectivity index (χ0n) is 26.1. The second-order valence-corrected chi connectivity index (χ2v) is 12.6. The predicted molar refractivity (Wildman–Crippen MR) is 161 cm³/mol. The Morgan fingerprint density at radius 3 is 2.06 bits per heavy atom. The summed E-state index contributed by atoms with van der Waals surface area (Å²) in [5, 5.41) is 105. The normalized spacial score (nSPS) is 43.0. The zero-order chi connectivity index (χ0) is 34.7. The minimum atomic E-state index is -2.38.